The Morgan fingerprint density at radius 2 is 0.865 bits per heavy atom. The summed E-state index contributed by atoms with van der Waals surface area (Å²) in [6, 6.07) is 42.4. The molecule has 0 N–H and O–H groups in total. The lowest BCUT2D eigenvalue weighted by Crippen LogP contribution is -2.68. The molecule has 1 heterocycles. The van der Waals surface area contributed by atoms with Crippen LogP contribution in [0.5, 0.6) is 0 Å². The molecule has 0 aliphatic rings. The Kier molecular flexibility index (Phi) is 8.63. The third kappa shape index (κ3) is 6.78. The molecule has 0 aliphatic heterocycles. The number of benzene rings is 4. The van der Waals surface area contributed by atoms with Crippen molar-refractivity contribution < 1.29 is 28.9 Å². The van der Waals surface area contributed by atoms with Crippen molar-refractivity contribution in [3.05, 3.63) is 127 Å². The second-order valence-electron chi connectivity index (χ2n) is 7.89. The highest BCUT2D eigenvalue weighted by molar-refractivity contribution is 7.95. The van der Waals surface area contributed by atoms with Crippen LogP contribution in [0, 0.1) is 10.2 Å². The lowest BCUT2D eigenvalue weighted by Gasteiger charge is -2.27. The Morgan fingerprint density at radius 1 is 0.514 bits per heavy atom. The molecule has 1 aromatic heterocycles. The SMILES string of the molecule is [O-][Cl+3]([O-])([O-])[O-].c1ccc(-c2nnnnc2C[P+](c2ccccc2)(c2ccccc2)c2ccccc2)cc1. The Balaban J connectivity index is 0.000000586. The van der Waals surface area contributed by atoms with E-state index in [1.165, 1.54) is 15.9 Å². The van der Waals surface area contributed by atoms with Crippen molar-refractivity contribution in [3.8, 4) is 11.3 Å². The molecule has 186 valence electrons. The van der Waals surface area contributed by atoms with E-state index >= 15 is 0 Å². The standard InChI is InChI=1S/C27H22N4P.ClHO4/c1-5-13-22(14-6-1)27-26(28-30-31-29-27)21-32(23-15-7-2-8-16-23,24-17-9-3-10-18-24)25-19-11-4-12-20-25;2-1(3,4)5/h1-20H,21H2;(H,2,3,4,5)/q+1;/p-1. The van der Waals surface area contributed by atoms with Crippen LogP contribution in [-0.2, 0) is 6.16 Å². The van der Waals surface area contributed by atoms with Gasteiger partial charge in [0, 0.05) is 5.56 Å². The van der Waals surface area contributed by atoms with E-state index in [0.717, 1.165) is 17.0 Å². The predicted molar refractivity (Wildman–Crippen MR) is 132 cm³/mol. The molecule has 0 bridgehead atoms. The van der Waals surface area contributed by atoms with Crippen LogP contribution in [0.4, 0.5) is 0 Å². The highest BCUT2D eigenvalue weighted by Gasteiger charge is 2.46. The van der Waals surface area contributed by atoms with Crippen molar-refractivity contribution in [2.24, 2.45) is 0 Å². The molecule has 0 atom stereocenters. The van der Waals surface area contributed by atoms with Crippen LogP contribution in [-0.4, -0.2) is 20.6 Å². The van der Waals surface area contributed by atoms with E-state index in [1.54, 1.807) is 0 Å². The molecule has 0 amide bonds. The van der Waals surface area contributed by atoms with Crippen molar-refractivity contribution in [1.82, 2.24) is 20.6 Å². The molecule has 0 radical (unpaired) electrons. The van der Waals surface area contributed by atoms with Gasteiger partial charge in [0.15, 0.2) is 0 Å². The summed E-state index contributed by atoms with van der Waals surface area (Å²) in [7, 11) is -7.04. The van der Waals surface area contributed by atoms with Gasteiger partial charge in [-0.15, -0.1) is 20.4 Å². The van der Waals surface area contributed by atoms with Gasteiger partial charge in [-0.2, -0.15) is 0 Å². The van der Waals surface area contributed by atoms with E-state index in [0.29, 0.717) is 6.16 Å². The molecule has 0 spiro atoms. The van der Waals surface area contributed by atoms with E-state index in [-0.39, 0.29) is 0 Å². The third-order valence-electron chi connectivity index (χ3n) is 5.65. The van der Waals surface area contributed by atoms with Crippen molar-refractivity contribution in [3.63, 3.8) is 0 Å². The van der Waals surface area contributed by atoms with Crippen molar-refractivity contribution in [2.45, 2.75) is 6.16 Å². The average molecular weight is 533 g/mol. The van der Waals surface area contributed by atoms with Gasteiger partial charge in [0.05, 0.1) is 0 Å². The predicted octanol–water partition coefficient (Wildman–Crippen LogP) is -0.328. The highest BCUT2D eigenvalue weighted by atomic mass is 35.7. The summed E-state index contributed by atoms with van der Waals surface area (Å²) < 4.78 is 34.0. The van der Waals surface area contributed by atoms with Gasteiger partial charge in [-0.25, -0.2) is 18.6 Å². The number of halogens is 1. The normalized spacial score (nSPS) is 11.4. The van der Waals surface area contributed by atoms with Gasteiger partial charge >= 0.3 is 0 Å². The zero-order chi connectivity index (χ0) is 26.1. The first-order valence-electron chi connectivity index (χ1n) is 11.1. The van der Waals surface area contributed by atoms with Crippen LogP contribution in [0.15, 0.2) is 121 Å². The zero-order valence-electron chi connectivity index (χ0n) is 19.5. The molecular formula is C27H22ClN4O4P. The first-order chi connectivity index (χ1) is 17.9. The van der Waals surface area contributed by atoms with Gasteiger partial charge in [0.25, 0.3) is 0 Å². The summed E-state index contributed by atoms with van der Waals surface area (Å²) >= 11 is 0. The van der Waals surface area contributed by atoms with Crippen LogP contribution >= 0.6 is 7.26 Å². The molecule has 10 heteroatoms. The molecular weight excluding hydrogens is 511 g/mol. The number of hydrogen-bond donors (Lipinski definition) is 0. The molecule has 0 unspecified atom stereocenters. The molecule has 5 aromatic rings. The Labute approximate surface area is 217 Å². The van der Waals surface area contributed by atoms with E-state index in [1.807, 2.05) is 30.3 Å². The molecule has 5 rings (SSSR count). The van der Waals surface area contributed by atoms with Gasteiger partial charge < -0.3 is 0 Å². The number of rotatable bonds is 6. The summed E-state index contributed by atoms with van der Waals surface area (Å²) in [5.41, 5.74) is 2.64. The largest absolute Gasteiger partial charge is 0.222 e. The third-order valence-corrected chi connectivity index (χ3v) is 9.96. The van der Waals surface area contributed by atoms with Crippen molar-refractivity contribution in [2.75, 3.05) is 0 Å². The van der Waals surface area contributed by atoms with E-state index < -0.39 is 17.5 Å². The number of aromatic nitrogens is 4. The number of nitrogens with zero attached hydrogens (tertiary/aromatic N) is 4. The molecule has 4 aromatic carbocycles. The summed E-state index contributed by atoms with van der Waals surface area (Å²) in [6.45, 7) is 0. The smallest absolute Gasteiger partial charge is 0.131 e. The molecule has 37 heavy (non-hydrogen) atoms. The van der Waals surface area contributed by atoms with Crippen LogP contribution in [0.2, 0.25) is 0 Å². The fourth-order valence-corrected chi connectivity index (χ4v) is 8.31. The zero-order valence-corrected chi connectivity index (χ0v) is 21.2. The number of hydrogen-bond acceptors (Lipinski definition) is 8. The quantitative estimate of drug-likeness (QED) is 0.270. The Hall–Kier alpha value is -3.62. The van der Waals surface area contributed by atoms with E-state index in [2.05, 4.69) is 112 Å². The minimum Gasteiger partial charge on any atom is -0.222 e. The molecule has 0 aliphatic carbocycles. The van der Waals surface area contributed by atoms with Crippen LogP contribution in [0.1, 0.15) is 5.69 Å². The van der Waals surface area contributed by atoms with E-state index in [9.17, 15) is 0 Å². The monoisotopic (exact) mass is 532 g/mol. The van der Waals surface area contributed by atoms with Crippen LogP contribution in [0.25, 0.3) is 11.3 Å². The first kappa shape index (κ1) is 26.4. The lowest BCUT2D eigenvalue weighted by atomic mass is 10.1. The van der Waals surface area contributed by atoms with Crippen LogP contribution in [0.3, 0.4) is 0 Å². The second-order valence-corrected chi connectivity index (χ2v) is 12.1. The van der Waals surface area contributed by atoms with Gasteiger partial charge in [-0.1, -0.05) is 84.9 Å². The minimum atomic E-state index is -4.94. The summed E-state index contributed by atoms with van der Waals surface area (Å²) in [5, 5.41) is 20.6. The fourth-order valence-electron chi connectivity index (χ4n) is 4.16. The van der Waals surface area contributed by atoms with Gasteiger partial charge in [0.2, 0.25) is 0 Å². The first-order valence-corrected chi connectivity index (χ1v) is 14.4. The molecule has 0 fully saturated rings. The maximum absolute atomic E-state index is 8.49. The Morgan fingerprint density at radius 3 is 1.27 bits per heavy atom. The van der Waals surface area contributed by atoms with Gasteiger partial charge in [-0.3, -0.25) is 0 Å². The topological polar surface area (TPSA) is 144 Å². The summed E-state index contributed by atoms with van der Waals surface area (Å²) in [6.07, 6.45) is 0.706. The average Bonchev–Trinajstić information content (AvgIpc) is 2.93. The highest BCUT2D eigenvalue weighted by Crippen LogP contribution is 2.58. The maximum Gasteiger partial charge on any atom is 0.131 e. The summed E-state index contributed by atoms with van der Waals surface area (Å²) in [4.78, 5) is 0. The maximum atomic E-state index is 8.49. The minimum absolute atomic E-state index is 0.706. The second kappa shape index (κ2) is 12.1. The van der Waals surface area contributed by atoms with Gasteiger partial charge in [-0.05, 0) is 46.8 Å². The molecule has 0 saturated carbocycles. The van der Waals surface area contributed by atoms with E-state index in [4.69, 9.17) is 18.6 Å². The molecule has 8 nitrogen and oxygen atoms in total. The van der Waals surface area contributed by atoms with Crippen molar-refractivity contribution in [1.29, 1.82) is 0 Å². The van der Waals surface area contributed by atoms with Crippen molar-refractivity contribution >= 4 is 23.2 Å². The molecule has 0 saturated heterocycles. The van der Waals surface area contributed by atoms with Gasteiger partial charge in [0.1, 0.15) is 40.7 Å². The van der Waals surface area contributed by atoms with Crippen LogP contribution < -0.4 is 34.5 Å². The summed E-state index contributed by atoms with van der Waals surface area (Å²) in [5.74, 6) is 0. The fraction of sp³-hybridized carbons (Fsp3) is 0.0370. The Bertz CT molecular complexity index is 1290. The lowest BCUT2D eigenvalue weighted by molar-refractivity contribution is -2.00.